The first-order chi connectivity index (χ1) is 11.7. The number of aromatic nitrogens is 4. The monoisotopic (exact) mass is 315 g/mol. The first kappa shape index (κ1) is 14.4. The Morgan fingerprint density at radius 1 is 0.875 bits per heavy atom. The molecule has 2 heterocycles. The van der Waals surface area contributed by atoms with Gasteiger partial charge in [-0.15, -0.1) is 0 Å². The minimum Gasteiger partial charge on any atom is -0.338 e. The average molecular weight is 315 g/mol. The maximum atomic E-state index is 4.76. The molecule has 2 aromatic carbocycles. The van der Waals surface area contributed by atoms with Crippen molar-refractivity contribution in [2.24, 2.45) is 7.05 Å². The van der Waals surface area contributed by atoms with E-state index in [1.807, 2.05) is 79.3 Å². The summed E-state index contributed by atoms with van der Waals surface area (Å²) in [5, 5.41) is 7.90. The van der Waals surface area contributed by atoms with E-state index in [4.69, 9.17) is 9.97 Å². The Morgan fingerprint density at radius 2 is 1.54 bits per heavy atom. The summed E-state index contributed by atoms with van der Waals surface area (Å²) >= 11 is 0. The van der Waals surface area contributed by atoms with Crippen molar-refractivity contribution in [1.82, 2.24) is 19.7 Å². The lowest BCUT2D eigenvalue weighted by molar-refractivity contribution is 0.783. The molecule has 0 aliphatic carbocycles. The number of hydrogen-bond donors (Lipinski definition) is 1. The van der Waals surface area contributed by atoms with Crippen LogP contribution < -0.4 is 5.32 Å². The van der Waals surface area contributed by atoms with Crippen LogP contribution in [0, 0.1) is 6.92 Å². The summed E-state index contributed by atoms with van der Waals surface area (Å²) in [5.74, 6) is 1.45. The number of para-hydroxylation sites is 1. The normalized spacial score (nSPS) is 10.9. The Kier molecular flexibility index (Phi) is 3.46. The lowest BCUT2D eigenvalue weighted by Crippen LogP contribution is -2.01. The zero-order valence-electron chi connectivity index (χ0n) is 13.6. The highest BCUT2D eigenvalue weighted by Gasteiger charge is 2.16. The Bertz CT molecular complexity index is 991. The summed E-state index contributed by atoms with van der Waals surface area (Å²) in [4.78, 5) is 9.49. The quantitative estimate of drug-likeness (QED) is 0.619. The second-order valence-electron chi connectivity index (χ2n) is 5.66. The van der Waals surface area contributed by atoms with Gasteiger partial charge in [0.15, 0.2) is 11.6 Å². The molecule has 118 valence electrons. The summed E-state index contributed by atoms with van der Waals surface area (Å²) < 4.78 is 1.82. The summed E-state index contributed by atoms with van der Waals surface area (Å²) in [7, 11) is 1.91. The van der Waals surface area contributed by atoms with Crippen LogP contribution in [0.1, 0.15) is 5.69 Å². The SMILES string of the molecule is Cc1nn(C)c2c(Nc3ccccc3)nc(-c3ccccc3)nc12. The molecule has 0 atom stereocenters. The molecule has 2 aromatic heterocycles. The molecule has 5 heteroatoms. The molecule has 0 spiro atoms. The van der Waals surface area contributed by atoms with Crippen LogP contribution in [0.5, 0.6) is 0 Å². The Balaban J connectivity index is 1.93. The number of anilines is 2. The van der Waals surface area contributed by atoms with Crippen LogP contribution in [-0.4, -0.2) is 19.7 Å². The predicted molar refractivity (Wildman–Crippen MR) is 96.2 cm³/mol. The number of nitrogens with one attached hydrogen (secondary N) is 1. The fourth-order valence-corrected chi connectivity index (χ4v) is 2.80. The van der Waals surface area contributed by atoms with Crippen molar-refractivity contribution < 1.29 is 0 Å². The van der Waals surface area contributed by atoms with Gasteiger partial charge in [-0.25, -0.2) is 9.97 Å². The van der Waals surface area contributed by atoms with Crippen molar-refractivity contribution in [2.75, 3.05) is 5.32 Å². The highest BCUT2D eigenvalue weighted by Crippen LogP contribution is 2.28. The van der Waals surface area contributed by atoms with Gasteiger partial charge in [0, 0.05) is 18.3 Å². The number of benzene rings is 2. The molecule has 4 rings (SSSR count). The first-order valence-corrected chi connectivity index (χ1v) is 7.81. The van der Waals surface area contributed by atoms with Crippen molar-refractivity contribution >= 4 is 22.5 Å². The maximum absolute atomic E-state index is 4.76. The van der Waals surface area contributed by atoms with Gasteiger partial charge in [0.1, 0.15) is 11.0 Å². The maximum Gasteiger partial charge on any atom is 0.162 e. The lowest BCUT2D eigenvalue weighted by atomic mass is 10.2. The Hall–Kier alpha value is -3.21. The van der Waals surface area contributed by atoms with Gasteiger partial charge in [0.25, 0.3) is 0 Å². The molecule has 0 aliphatic heterocycles. The second-order valence-corrected chi connectivity index (χ2v) is 5.66. The average Bonchev–Trinajstić information content (AvgIpc) is 2.91. The number of hydrogen-bond acceptors (Lipinski definition) is 4. The van der Waals surface area contributed by atoms with Crippen molar-refractivity contribution in [3.05, 3.63) is 66.4 Å². The van der Waals surface area contributed by atoms with Gasteiger partial charge in [-0.2, -0.15) is 5.10 Å². The van der Waals surface area contributed by atoms with Gasteiger partial charge in [-0.1, -0.05) is 48.5 Å². The van der Waals surface area contributed by atoms with Gasteiger partial charge < -0.3 is 5.32 Å². The number of nitrogens with zero attached hydrogens (tertiary/aromatic N) is 4. The van der Waals surface area contributed by atoms with Gasteiger partial charge in [-0.05, 0) is 19.1 Å². The van der Waals surface area contributed by atoms with Crippen LogP contribution >= 0.6 is 0 Å². The van der Waals surface area contributed by atoms with E-state index in [0.717, 1.165) is 33.8 Å². The third kappa shape index (κ3) is 2.50. The highest BCUT2D eigenvalue weighted by atomic mass is 15.3. The van der Waals surface area contributed by atoms with E-state index < -0.39 is 0 Å². The molecule has 0 saturated carbocycles. The van der Waals surface area contributed by atoms with E-state index in [9.17, 15) is 0 Å². The Morgan fingerprint density at radius 3 is 2.25 bits per heavy atom. The van der Waals surface area contributed by atoms with Crippen molar-refractivity contribution in [3.63, 3.8) is 0 Å². The molecule has 0 fully saturated rings. The van der Waals surface area contributed by atoms with Crippen LogP contribution in [-0.2, 0) is 7.05 Å². The van der Waals surface area contributed by atoms with Crippen molar-refractivity contribution in [1.29, 1.82) is 0 Å². The Labute approximate surface area is 140 Å². The fourth-order valence-electron chi connectivity index (χ4n) is 2.80. The minimum absolute atomic E-state index is 0.692. The summed E-state index contributed by atoms with van der Waals surface area (Å²) in [5.41, 5.74) is 4.62. The van der Waals surface area contributed by atoms with Gasteiger partial charge in [0.05, 0.1) is 5.69 Å². The van der Waals surface area contributed by atoms with E-state index in [0.29, 0.717) is 5.82 Å². The van der Waals surface area contributed by atoms with Gasteiger partial charge in [0.2, 0.25) is 0 Å². The van der Waals surface area contributed by atoms with E-state index in [-0.39, 0.29) is 0 Å². The lowest BCUT2D eigenvalue weighted by Gasteiger charge is -2.10. The third-order valence-electron chi connectivity index (χ3n) is 3.92. The molecular formula is C19H17N5. The van der Waals surface area contributed by atoms with Gasteiger partial charge in [-0.3, -0.25) is 4.68 Å². The summed E-state index contributed by atoms with van der Waals surface area (Å²) in [6.07, 6.45) is 0. The molecule has 0 unspecified atom stereocenters. The first-order valence-electron chi connectivity index (χ1n) is 7.81. The van der Waals surface area contributed by atoms with E-state index in [2.05, 4.69) is 10.4 Å². The number of rotatable bonds is 3. The predicted octanol–water partition coefficient (Wildman–Crippen LogP) is 4.08. The molecule has 0 amide bonds. The van der Waals surface area contributed by atoms with Crippen molar-refractivity contribution in [2.45, 2.75) is 6.92 Å². The summed E-state index contributed by atoms with van der Waals surface area (Å²) in [6.45, 7) is 1.97. The van der Waals surface area contributed by atoms with Crippen molar-refractivity contribution in [3.8, 4) is 11.4 Å². The largest absolute Gasteiger partial charge is 0.338 e. The molecule has 5 nitrogen and oxygen atoms in total. The minimum atomic E-state index is 0.692. The van der Waals surface area contributed by atoms with Crippen LogP contribution in [0.3, 0.4) is 0 Å². The third-order valence-corrected chi connectivity index (χ3v) is 3.92. The molecule has 0 bridgehead atoms. The van der Waals surface area contributed by atoms with Crippen LogP contribution in [0.4, 0.5) is 11.5 Å². The molecule has 4 aromatic rings. The molecule has 0 saturated heterocycles. The fraction of sp³-hybridized carbons (Fsp3) is 0.105. The number of aryl methyl sites for hydroxylation is 2. The molecule has 0 aliphatic rings. The molecule has 24 heavy (non-hydrogen) atoms. The topological polar surface area (TPSA) is 55.6 Å². The second kappa shape index (κ2) is 5.77. The van der Waals surface area contributed by atoms with Crippen LogP contribution in [0.15, 0.2) is 60.7 Å². The number of fused-ring (bicyclic) bond motifs is 1. The van der Waals surface area contributed by atoms with Crippen LogP contribution in [0.25, 0.3) is 22.4 Å². The van der Waals surface area contributed by atoms with E-state index >= 15 is 0 Å². The van der Waals surface area contributed by atoms with E-state index in [1.54, 1.807) is 0 Å². The standard InChI is InChI=1S/C19H17N5/c1-13-16-17(24(2)23-13)19(20-15-11-7-4-8-12-15)22-18(21-16)14-9-5-3-6-10-14/h3-12H,1-2H3,(H,20,21,22). The zero-order chi connectivity index (χ0) is 16.5. The smallest absolute Gasteiger partial charge is 0.162 e. The highest BCUT2D eigenvalue weighted by molar-refractivity contribution is 5.90. The van der Waals surface area contributed by atoms with Gasteiger partial charge >= 0.3 is 0 Å². The molecule has 0 radical (unpaired) electrons. The van der Waals surface area contributed by atoms with Crippen LogP contribution in [0.2, 0.25) is 0 Å². The molecular weight excluding hydrogens is 298 g/mol. The van der Waals surface area contributed by atoms with E-state index in [1.165, 1.54) is 0 Å². The zero-order valence-corrected chi connectivity index (χ0v) is 13.6. The summed E-state index contributed by atoms with van der Waals surface area (Å²) in [6, 6.07) is 20.0. The molecule has 1 N–H and O–H groups in total.